The zero-order valence-electron chi connectivity index (χ0n) is 29.4. The highest BCUT2D eigenvalue weighted by atomic mass is 32.2. The zero-order valence-corrected chi connectivity index (χ0v) is 30.2. The molecule has 52 heavy (non-hydrogen) atoms. The van der Waals surface area contributed by atoms with Crippen molar-refractivity contribution in [2.45, 2.75) is 93.7 Å². The van der Waals surface area contributed by atoms with Crippen LogP contribution < -0.4 is 20.3 Å². The summed E-state index contributed by atoms with van der Waals surface area (Å²) in [6.45, 7) is 9.03. The van der Waals surface area contributed by atoms with Gasteiger partial charge < -0.3 is 19.9 Å². The van der Waals surface area contributed by atoms with Gasteiger partial charge in [0.15, 0.2) is 0 Å². The number of sulfonamides is 1. The van der Waals surface area contributed by atoms with Crippen LogP contribution in [-0.2, 0) is 35.3 Å². The van der Waals surface area contributed by atoms with Gasteiger partial charge in [0.2, 0.25) is 21.8 Å². The Morgan fingerprint density at radius 3 is 2.37 bits per heavy atom. The number of carbonyl (C=O) groups excluding carboxylic acids is 4. The van der Waals surface area contributed by atoms with Gasteiger partial charge in [-0.1, -0.05) is 12.2 Å². The number of benzene rings is 1. The molecule has 4 fully saturated rings. The number of hydrogen-bond acceptors (Lipinski definition) is 8. The highest BCUT2D eigenvalue weighted by Gasteiger charge is 2.62. The van der Waals surface area contributed by atoms with Crippen LogP contribution in [0, 0.1) is 17.8 Å². The number of rotatable bonds is 15. The Labute approximate surface area is 302 Å². The summed E-state index contributed by atoms with van der Waals surface area (Å²) in [5.74, 6) is -4.51. The van der Waals surface area contributed by atoms with E-state index in [0.29, 0.717) is 44.6 Å². The molecular formula is C36H48F3N5O7S. The minimum Gasteiger partial charge on any atom is -0.446 e. The van der Waals surface area contributed by atoms with E-state index in [4.69, 9.17) is 4.74 Å². The Kier molecular flexibility index (Phi) is 12.0. The Bertz CT molecular complexity index is 1660. The number of alkyl halides is 3. The molecule has 286 valence electrons. The van der Waals surface area contributed by atoms with Crippen LogP contribution in [-0.4, -0.2) is 80.7 Å². The van der Waals surface area contributed by atoms with Gasteiger partial charge in [0.1, 0.15) is 11.6 Å². The molecule has 4 aliphatic rings. The van der Waals surface area contributed by atoms with Crippen LogP contribution in [0.2, 0.25) is 0 Å². The summed E-state index contributed by atoms with van der Waals surface area (Å²) in [6.07, 6.45) is 2.30. The SMILES string of the molecule is C=CCCCCN(C)C(=O)[C@@H]1C[C@H](OC(=O)Nc2cc(C(F)(F)F)ccc2N2CCCCC2)C[C@H]1C(=O)N[C@]1(C(=O)NS(=O)(=O)C2CC2)C[C@H]1C=C. The maximum Gasteiger partial charge on any atom is 0.416 e. The summed E-state index contributed by atoms with van der Waals surface area (Å²) in [4.78, 5) is 57.8. The Morgan fingerprint density at radius 2 is 1.75 bits per heavy atom. The molecule has 1 aliphatic heterocycles. The molecule has 1 heterocycles. The summed E-state index contributed by atoms with van der Waals surface area (Å²) in [5.41, 5.74) is -2.16. The van der Waals surface area contributed by atoms with Gasteiger partial charge in [-0.25, -0.2) is 13.2 Å². The third-order valence-corrected chi connectivity index (χ3v) is 12.3. The highest BCUT2D eigenvalue weighted by Crippen LogP contribution is 2.46. The van der Waals surface area contributed by atoms with Gasteiger partial charge >= 0.3 is 12.3 Å². The summed E-state index contributed by atoms with van der Waals surface area (Å²) in [6, 6.07) is 3.16. The summed E-state index contributed by atoms with van der Waals surface area (Å²) >= 11 is 0. The largest absolute Gasteiger partial charge is 0.446 e. The number of carbonyl (C=O) groups is 4. The van der Waals surface area contributed by atoms with E-state index in [1.165, 1.54) is 17.0 Å². The summed E-state index contributed by atoms with van der Waals surface area (Å²) < 4.78 is 73.9. The van der Waals surface area contributed by atoms with E-state index in [1.54, 1.807) is 13.1 Å². The van der Waals surface area contributed by atoms with Crippen molar-refractivity contribution < 1.29 is 45.5 Å². The monoisotopic (exact) mass is 751 g/mol. The molecule has 3 aliphatic carbocycles. The van der Waals surface area contributed by atoms with Crippen LogP contribution in [0.5, 0.6) is 0 Å². The molecule has 3 N–H and O–H groups in total. The standard InChI is InChI=1S/C36H48F3N5O7S/c1-4-6-7-9-16-43(3)32(46)28-21-25(20-27(28)31(45)41-35(22-23(35)5-2)33(47)42-52(49,50)26-13-14-26)51-34(48)40-29-19-24(36(37,38)39)12-15-30(29)44-17-10-8-11-18-44/h4-5,12,15,19,23,25-28H,1-2,6-11,13-14,16-18,20-22H2,3H3,(H,40,48)(H,41,45)(H,42,47)/t23-,25-,27-,28-,35-/m1/s1. The van der Waals surface area contributed by atoms with Gasteiger partial charge in [0.25, 0.3) is 5.91 Å². The molecule has 0 spiro atoms. The smallest absolute Gasteiger partial charge is 0.416 e. The van der Waals surface area contributed by atoms with Crippen LogP contribution in [0.4, 0.5) is 29.3 Å². The molecule has 12 nitrogen and oxygen atoms in total. The van der Waals surface area contributed by atoms with Gasteiger partial charge in [-0.15, -0.1) is 13.2 Å². The quantitative estimate of drug-likeness (QED) is 0.165. The first-order chi connectivity index (χ1) is 24.6. The van der Waals surface area contributed by atoms with Gasteiger partial charge in [-0.05, 0) is 88.8 Å². The Hall–Kier alpha value is -4.08. The number of ether oxygens (including phenoxy) is 1. The van der Waals surface area contributed by atoms with Crippen molar-refractivity contribution in [2.24, 2.45) is 17.8 Å². The molecule has 5 atom stereocenters. The van der Waals surface area contributed by atoms with Crippen LogP contribution in [0.15, 0.2) is 43.5 Å². The number of halogens is 3. The predicted octanol–water partition coefficient (Wildman–Crippen LogP) is 5.12. The van der Waals surface area contributed by atoms with Crippen LogP contribution in [0.1, 0.15) is 76.2 Å². The molecule has 0 unspecified atom stereocenters. The molecule has 16 heteroatoms. The van der Waals surface area contributed by atoms with Gasteiger partial charge in [-0.3, -0.25) is 24.4 Å². The second kappa shape index (κ2) is 15.9. The lowest BCUT2D eigenvalue weighted by molar-refractivity contribution is -0.140. The minimum atomic E-state index is -4.65. The second-order valence-electron chi connectivity index (χ2n) is 14.3. The molecule has 3 saturated carbocycles. The number of unbranched alkanes of at least 4 members (excludes halogenated alkanes) is 2. The first-order valence-electron chi connectivity index (χ1n) is 17.9. The number of nitrogens with one attached hydrogen (secondary N) is 3. The highest BCUT2D eigenvalue weighted by molar-refractivity contribution is 7.91. The van der Waals surface area contributed by atoms with Gasteiger partial charge in [0, 0.05) is 32.6 Å². The maximum atomic E-state index is 14.0. The maximum absolute atomic E-state index is 14.0. The van der Waals surface area contributed by atoms with Crippen molar-refractivity contribution in [1.82, 2.24) is 14.9 Å². The van der Waals surface area contributed by atoms with Crippen LogP contribution in [0.3, 0.4) is 0 Å². The third kappa shape index (κ3) is 9.10. The first-order valence-corrected chi connectivity index (χ1v) is 19.4. The lowest BCUT2D eigenvalue weighted by atomic mass is 9.93. The Morgan fingerprint density at radius 1 is 1.06 bits per heavy atom. The normalized spacial score (nSPS) is 25.8. The molecule has 5 rings (SSSR count). The number of piperidine rings is 1. The number of hydrogen-bond donors (Lipinski definition) is 3. The van der Waals surface area contributed by atoms with E-state index in [2.05, 4.69) is 28.5 Å². The lowest BCUT2D eigenvalue weighted by Gasteiger charge is -2.31. The van der Waals surface area contributed by atoms with E-state index in [-0.39, 0.29) is 30.9 Å². The van der Waals surface area contributed by atoms with Crippen molar-refractivity contribution in [3.8, 4) is 0 Å². The van der Waals surface area contributed by atoms with Crippen molar-refractivity contribution >= 4 is 45.2 Å². The topological polar surface area (TPSA) is 154 Å². The number of nitrogens with zero attached hydrogens (tertiary/aromatic N) is 2. The van der Waals surface area contributed by atoms with Crippen LogP contribution >= 0.6 is 0 Å². The summed E-state index contributed by atoms with van der Waals surface area (Å²) in [5, 5.41) is 4.53. The molecule has 0 bridgehead atoms. The van der Waals surface area contributed by atoms with E-state index in [9.17, 15) is 40.8 Å². The van der Waals surface area contributed by atoms with Gasteiger partial charge in [0.05, 0.1) is 34.0 Å². The van der Waals surface area contributed by atoms with Crippen molar-refractivity contribution in [3.63, 3.8) is 0 Å². The second-order valence-corrected chi connectivity index (χ2v) is 16.3. The minimum absolute atomic E-state index is 0.0525. The predicted molar refractivity (Wildman–Crippen MR) is 189 cm³/mol. The van der Waals surface area contributed by atoms with E-state index >= 15 is 0 Å². The first kappa shape index (κ1) is 39.1. The lowest BCUT2D eigenvalue weighted by Crippen LogP contribution is -2.54. The zero-order chi connectivity index (χ0) is 37.8. The molecule has 4 amide bonds. The molecule has 0 aromatic heterocycles. The van der Waals surface area contributed by atoms with E-state index in [1.807, 2.05) is 4.90 Å². The average molecular weight is 752 g/mol. The molecular weight excluding hydrogens is 703 g/mol. The fourth-order valence-corrected chi connectivity index (χ4v) is 8.59. The number of allylic oxidation sites excluding steroid dienone is 1. The molecule has 0 radical (unpaired) electrons. The van der Waals surface area contributed by atoms with Crippen molar-refractivity contribution in [1.29, 1.82) is 0 Å². The van der Waals surface area contributed by atoms with Crippen LogP contribution in [0.25, 0.3) is 0 Å². The third-order valence-electron chi connectivity index (χ3n) is 10.5. The number of anilines is 2. The van der Waals surface area contributed by atoms with E-state index in [0.717, 1.165) is 44.2 Å². The van der Waals surface area contributed by atoms with Crippen molar-refractivity contribution in [3.05, 3.63) is 49.1 Å². The van der Waals surface area contributed by atoms with E-state index < -0.39 is 74.3 Å². The fraction of sp³-hybridized carbons (Fsp3) is 0.611. The average Bonchev–Trinajstić information content (AvgIpc) is 4.03. The van der Waals surface area contributed by atoms with Gasteiger partial charge in [-0.2, -0.15) is 13.2 Å². The fourth-order valence-electron chi connectivity index (χ4n) is 7.22. The number of amides is 4. The van der Waals surface area contributed by atoms with Crippen molar-refractivity contribution in [2.75, 3.05) is 36.9 Å². The molecule has 1 saturated heterocycles. The molecule has 1 aromatic rings. The Balaban J connectivity index is 1.33. The molecule has 1 aromatic carbocycles. The summed E-state index contributed by atoms with van der Waals surface area (Å²) in [7, 11) is -2.31.